The number of ether oxygens (including phenoxy) is 1. The molecule has 1 aliphatic heterocycles. The molecule has 0 atom stereocenters. The van der Waals surface area contributed by atoms with Gasteiger partial charge in [-0.05, 0) is 0 Å². The van der Waals surface area contributed by atoms with Crippen LogP contribution < -0.4 is 5.32 Å². The molecular formula is C7H10N4O2. The standard InChI is InChI=1S/C7H10N4O2/c1-13-7(12)6-9-5(10-11-6)4-2-8-3-4/h4,8H,2-3H2,1H3,(H,9,10,11). The van der Waals surface area contributed by atoms with Crippen LogP contribution in [0.25, 0.3) is 0 Å². The summed E-state index contributed by atoms with van der Waals surface area (Å²) in [6, 6.07) is 0. The van der Waals surface area contributed by atoms with Crippen molar-refractivity contribution in [3.05, 3.63) is 11.6 Å². The van der Waals surface area contributed by atoms with Gasteiger partial charge in [0.25, 0.3) is 5.82 Å². The minimum atomic E-state index is -0.505. The summed E-state index contributed by atoms with van der Waals surface area (Å²) in [6.07, 6.45) is 0. The number of carbonyl (C=O) groups is 1. The van der Waals surface area contributed by atoms with Crippen LogP contribution >= 0.6 is 0 Å². The van der Waals surface area contributed by atoms with Gasteiger partial charge in [0, 0.05) is 19.0 Å². The van der Waals surface area contributed by atoms with Crippen LogP contribution in [0, 0.1) is 0 Å². The molecule has 2 N–H and O–H groups in total. The van der Waals surface area contributed by atoms with Gasteiger partial charge in [-0.1, -0.05) is 0 Å². The lowest BCUT2D eigenvalue weighted by molar-refractivity contribution is 0.0587. The van der Waals surface area contributed by atoms with Gasteiger partial charge < -0.3 is 10.1 Å². The summed E-state index contributed by atoms with van der Waals surface area (Å²) in [7, 11) is 1.31. The van der Waals surface area contributed by atoms with Crippen molar-refractivity contribution in [1.82, 2.24) is 20.5 Å². The molecule has 0 radical (unpaired) electrons. The van der Waals surface area contributed by atoms with Crippen molar-refractivity contribution in [3.63, 3.8) is 0 Å². The van der Waals surface area contributed by atoms with E-state index in [0.29, 0.717) is 5.92 Å². The Bertz CT molecular complexity index is 318. The highest BCUT2D eigenvalue weighted by molar-refractivity contribution is 5.84. The summed E-state index contributed by atoms with van der Waals surface area (Å²) < 4.78 is 4.48. The number of esters is 1. The number of rotatable bonds is 2. The number of carbonyl (C=O) groups excluding carboxylic acids is 1. The van der Waals surface area contributed by atoms with Gasteiger partial charge in [0.1, 0.15) is 5.82 Å². The van der Waals surface area contributed by atoms with Crippen LogP contribution in [0.3, 0.4) is 0 Å². The van der Waals surface area contributed by atoms with Crippen LogP contribution in [0.1, 0.15) is 22.4 Å². The smallest absolute Gasteiger partial charge is 0.377 e. The van der Waals surface area contributed by atoms with Crippen molar-refractivity contribution >= 4 is 5.97 Å². The Morgan fingerprint density at radius 2 is 2.38 bits per heavy atom. The largest absolute Gasteiger partial charge is 0.463 e. The highest BCUT2D eigenvalue weighted by Crippen LogP contribution is 2.14. The highest BCUT2D eigenvalue weighted by atomic mass is 16.5. The van der Waals surface area contributed by atoms with Crippen molar-refractivity contribution in [1.29, 1.82) is 0 Å². The van der Waals surface area contributed by atoms with E-state index in [2.05, 4.69) is 25.2 Å². The summed E-state index contributed by atoms with van der Waals surface area (Å²) in [5.74, 6) is 0.698. The fourth-order valence-electron chi connectivity index (χ4n) is 1.12. The molecule has 0 saturated carbocycles. The van der Waals surface area contributed by atoms with Gasteiger partial charge in [-0.3, -0.25) is 5.10 Å². The lowest BCUT2D eigenvalue weighted by Crippen LogP contribution is -2.40. The molecule has 0 amide bonds. The maximum atomic E-state index is 11.0. The monoisotopic (exact) mass is 182 g/mol. The summed E-state index contributed by atoms with van der Waals surface area (Å²) >= 11 is 0. The Kier molecular flexibility index (Phi) is 1.97. The first-order chi connectivity index (χ1) is 6.31. The second-order valence-electron chi connectivity index (χ2n) is 2.89. The van der Waals surface area contributed by atoms with E-state index in [1.807, 2.05) is 0 Å². The van der Waals surface area contributed by atoms with Crippen molar-refractivity contribution in [2.24, 2.45) is 0 Å². The molecule has 2 heterocycles. The van der Waals surface area contributed by atoms with Gasteiger partial charge in [-0.2, -0.15) is 0 Å². The number of hydrogen-bond acceptors (Lipinski definition) is 5. The third kappa shape index (κ3) is 1.40. The maximum absolute atomic E-state index is 11.0. The summed E-state index contributed by atoms with van der Waals surface area (Å²) in [6.45, 7) is 1.77. The molecule has 2 rings (SSSR count). The van der Waals surface area contributed by atoms with Gasteiger partial charge >= 0.3 is 5.97 Å². The third-order valence-electron chi connectivity index (χ3n) is 2.04. The molecule has 1 aromatic heterocycles. The van der Waals surface area contributed by atoms with E-state index in [0.717, 1.165) is 18.9 Å². The molecule has 0 aliphatic carbocycles. The van der Waals surface area contributed by atoms with Crippen LogP contribution in [0.4, 0.5) is 0 Å². The van der Waals surface area contributed by atoms with E-state index in [4.69, 9.17) is 0 Å². The van der Waals surface area contributed by atoms with Crippen LogP contribution in [-0.2, 0) is 4.74 Å². The molecule has 70 valence electrons. The van der Waals surface area contributed by atoms with Crippen molar-refractivity contribution in [2.75, 3.05) is 20.2 Å². The molecule has 13 heavy (non-hydrogen) atoms. The predicted octanol–water partition coefficient (Wildman–Crippen LogP) is -0.722. The number of aromatic amines is 1. The topological polar surface area (TPSA) is 79.9 Å². The Morgan fingerprint density at radius 1 is 1.62 bits per heavy atom. The van der Waals surface area contributed by atoms with Crippen molar-refractivity contribution < 1.29 is 9.53 Å². The number of aromatic nitrogens is 3. The number of H-pyrrole nitrogens is 1. The van der Waals surface area contributed by atoms with E-state index in [9.17, 15) is 4.79 Å². The lowest BCUT2D eigenvalue weighted by Gasteiger charge is -2.24. The average Bonchev–Trinajstić information content (AvgIpc) is 2.49. The first kappa shape index (κ1) is 8.18. The molecular weight excluding hydrogens is 172 g/mol. The number of hydrogen-bond donors (Lipinski definition) is 2. The molecule has 6 nitrogen and oxygen atoms in total. The minimum absolute atomic E-state index is 0.101. The van der Waals surface area contributed by atoms with Gasteiger partial charge in [0.15, 0.2) is 0 Å². The Balaban J connectivity index is 2.12. The lowest BCUT2D eigenvalue weighted by atomic mass is 10.0. The molecule has 1 fully saturated rings. The molecule has 0 bridgehead atoms. The average molecular weight is 182 g/mol. The van der Waals surface area contributed by atoms with Gasteiger partial charge in [0.05, 0.1) is 7.11 Å². The molecule has 0 aromatic carbocycles. The van der Waals surface area contributed by atoms with Crippen molar-refractivity contribution in [2.45, 2.75) is 5.92 Å². The van der Waals surface area contributed by atoms with Crippen LogP contribution in [-0.4, -0.2) is 41.3 Å². The zero-order valence-electron chi connectivity index (χ0n) is 7.20. The highest BCUT2D eigenvalue weighted by Gasteiger charge is 2.24. The summed E-state index contributed by atoms with van der Waals surface area (Å²) in [5.41, 5.74) is 0. The number of nitrogens with one attached hydrogen (secondary N) is 2. The Morgan fingerprint density at radius 3 is 2.92 bits per heavy atom. The summed E-state index contributed by atoms with van der Waals surface area (Å²) in [4.78, 5) is 15.0. The van der Waals surface area contributed by atoms with E-state index in [1.54, 1.807) is 0 Å². The van der Waals surface area contributed by atoms with Crippen LogP contribution in [0.15, 0.2) is 0 Å². The van der Waals surface area contributed by atoms with E-state index < -0.39 is 5.97 Å². The minimum Gasteiger partial charge on any atom is -0.463 e. The van der Waals surface area contributed by atoms with E-state index >= 15 is 0 Å². The third-order valence-corrected chi connectivity index (χ3v) is 2.04. The molecule has 1 aliphatic rings. The normalized spacial score (nSPS) is 16.7. The second-order valence-corrected chi connectivity index (χ2v) is 2.89. The number of methoxy groups -OCH3 is 1. The molecule has 1 aromatic rings. The fourth-order valence-corrected chi connectivity index (χ4v) is 1.12. The fraction of sp³-hybridized carbons (Fsp3) is 0.571. The first-order valence-electron chi connectivity index (χ1n) is 4.02. The predicted molar refractivity (Wildman–Crippen MR) is 43.3 cm³/mol. The van der Waals surface area contributed by atoms with Crippen LogP contribution in [0.2, 0.25) is 0 Å². The number of nitrogens with zero attached hydrogens (tertiary/aromatic N) is 2. The van der Waals surface area contributed by atoms with Crippen molar-refractivity contribution in [3.8, 4) is 0 Å². The summed E-state index contributed by atoms with van der Waals surface area (Å²) in [5, 5.41) is 9.58. The molecule has 6 heteroatoms. The second kappa shape index (κ2) is 3.14. The maximum Gasteiger partial charge on any atom is 0.377 e. The zero-order chi connectivity index (χ0) is 9.26. The Hall–Kier alpha value is -1.43. The van der Waals surface area contributed by atoms with E-state index in [-0.39, 0.29) is 5.82 Å². The SMILES string of the molecule is COC(=O)c1n[nH]c(C2CNC2)n1. The van der Waals surface area contributed by atoms with Crippen LogP contribution in [0.5, 0.6) is 0 Å². The quantitative estimate of drug-likeness (QED) is 0.590. The molecule has 0 unspecified atom stereocenters. The van der Waals surface area contributed by atoms with Gasteiger partial charge in [-0.25, -0.2) is 9.78 Å². The van der Waals surface area contributed by atoms with E-state index in [1.165, 1.54) is 7.11 Å². The van der Waals surface area contributed by atoms with Gasteiger partial charge in [-0.15, -0.1) is 5.10 Å². The Labute approximate surface area is 74.7 Å². The van der Waals surface area contributed by atoms with Gasteiger partial charge in [0.2, 0.25) is 0 Å². The zero-order valence-corrected chi connectivity index (χ0v) is 7.20. The molecule has 1 saturated heterocycles. The molecule has 0 spiro atoms. The first-order valence-corrected chi connectivity index (χ1v) is 4.02.